The molecule has 1 saturated carbocycles. The Morgan fingerprint density at radius 2 is 1.76 bits per heavy atom. The minimum absolute atomic E-state index is 0.0578. The van der Waals surface area contributed by atoms with Crippen LogP contribution in [0.3, 0.4) is 0 Å². The Bertz CT molecular complexity index is 753. The van der Waals surface area contributed by atoms with Crippen LogP contribution in [0.4, 0.5) is 5.69 Å². The van der Waals surface area contributed by atoms with Crippen LogP contribution in [-0.4, -0.2) is 64.2 Å². The van der Waals surface area contributed by atoms with Crippen molar-refractivity contribution in [2.24, 2.45) is 5.92 Å². The highest BCUT2D eigenvalue weighted by Gasteiger charge is 2.26. The molecule has 0 bridgehead atoms. The first-order valence-corrected chi connectivity index (χ1v) is 12.2. The van der Waals surface area contributed by atoms with Gasteiger partial charge in [-0.3, -0.25) is 4.79 Å². The number of amides is 1. The standard InChI is InChI=1S/C21H33N3O4S/c1-28-20-9-7-19(8-10-20)23-12-14-24(15-13-23)29(26,27)16-4-11-22-21(25)17-18-5-2-3-6-18/h7-10,18H,2-6,11-17H2,1H3,(H,22,25). The maximum Gasteiger partial charge on any atom is 0.220 e. The number of nitrogens with one attached hydrogen (secondary N) is 1. The van der Waals surface area contributed by atoms with E-state index in [-0.39, 0.29) is 11.7 Å². The van der Waals surface area contributed by atoms with Crippen LogP contribution < -0.4 is 15.0 Å². The lowest BCUT2D eigenvalue weighted by Crippen LogP contribution is -2.49. The van der Waals surface area contributed by atoms with E-state index in [2.05, 4.69) is 10.2 Å². The topological polar surface area (TPSA) is 79.0 Å². The number of hydrogen-bond acceptors (Lipinski definition) is 5. The number of hydrogen-bond donors (Lipinski definition) is 1. The first-order chi connectivity index (χ1) is 14.0. The highest BCUT2D eigenvalue weighted by Crippen LogP contribution is 2.27. The molecule has 0 atom stereocenters. The van der Waals surface area contributed by atoms with Gasteiger partial charge in [-0.2, -0.15) is 4.31 Å². The summed E-state index contributed by atoms with van der Waals surface area (Å²) in [5.74, 6) is 1.47. The van der Waals surface area contributed by atoms with Crippen molar-refractivity contribution in [2.75, 3.05) is 50.5 Å². The van der Waals surface area contributed by atoms with Gasteiger partial charge in [0.25, 0.3) is 0 Å². The Morgan fingerprint density at radius 3 is 2.38 bits per heavy atom. The van der Waals surface area contributed by atoms with Crippen LogP contribution in [0.2, 0.25) is 0 Å². The van der Waals surface area contributed by atoms with Gasteiger partial charge >= 0.3 is 0 Å². The predicted molar refractivity (Wildman–Crippen MR) is 115 cm³/mol. The summed E-state index contributed by atoms with van der Waals surface area (Å²) >= 11 is 0. The second-order valence-corrected chi connectivity index (χ2v) is 10.0. The fourth-order valence-electron chi connectivity index (χ4n) is 4.18. The van der Waals surface area contributed by atoms with E-state index in [4.69, 9.17) is 4.74 Å². The number of ether oxygens (including phenoxy) is 1. The normalized spacial score (nSPS) is 18.7. The molecule has 2 aliphatic rings. The number of sulfonamides is 1. The van der Waals surface area contributed by atoms with Crippen molar-refractivity contribution in [3.63, 3.8) is 0 Å². The fourth-order valence-corrected chi connectivity index (χ4v) is 5.66. The quantitative estimate of drug-likeness (QED) is 0.616. The van der Waals surface area contributed by atoms with Gasteiger partial charge in [0.15, 0.2) is 0 Å². The van der Waals surface area contributed by atoms with Crippen molar-refractivity contribution in [1.82, 2.24) is 9.62 Å². The Labute approximate surface area is 174 Å². The summed E-state index contributed by atoms with van der Waals surface area (Å²) in [7, 11) is -1.65. The van der Waals surface area contributed by atoms with Gasteiger partial charge in [0.05, 0.1) is 12.9 Å². The van der Waals surface area contributed by atoms with Crippen LogP contribution in [0.5, 0.6) is 5.75 Å². The molecule has 29 heavy (non-hydrogen) atoms. The van der Waals surface area contributed by atoms with Gasteiger partial charge in [-0.15, -0.1) is 0 Å². The van der Waals surface area contributed by atoms with E-state index in [9.17, 15) is 13.2 Å². The van der Waals surface area contributed by atoms with Crippen molar-refractivity contribution >= 4 is 21.6 Å². The number of benzene rings is 1. The van der Waals surface area contributed by atoms with E-state index in [0.717, 1.165) is 24.3 Å². The van der Waals surface area contributed by atoms with Crippen LogP contribution in [0.1, 0.15) is 38.5 Å². The Balaban J connectivity index is 1.37. The molecule has 1 N–H and O–H groups in total. The number of nitrogens with zero attached hydrogens (tertiary/aromatic N) is 2. The number of methoxy groups -OCH3 is 1. The van der Waals surface area contributed by atoms with Gasteiger partial charge in [-0.1, -0.05) is 12.8 Å². The molecule has 1 saturated heterocycles. The Morgan fingerprint density at radius 1 is 1.10 bits per heavy atom. The molecule has 0 spiro atoms. The molecule has 2 fully saturated rings. The highest BCUT2D eigenvalue weighted by atomic mass is 32.2. The van der Waals surface area contributed by atoms with E-state index in [1.54, 1.807) is 11.4 Å². The summed E-state index contributed by atoms with van der Waals surface area (Å²) in [4.78, 5) is 14.1. The molecule has 0 aromatic heterocycles. The summed E-state index contributed by atoms with van der Waals surface area (Å²) in [6.45, 7) is 2.74. The molecule has 7 nitrogen and oxygen atoms in total. The maximum atomic E-state index is 12.6. The van der Waals surface area contributed by atoms with Gasteiger partial charge < -0.3 is 15.0 Å². The summed E-state index contributed by atoms with van der Waals surface area (Å²) in [5.41, 5.74) is 1.08. The molecular formula is C21H33N3O4S. The van der Waals surface area contributed by atoms with E-state index >= 15 is 0 Å². The average molecular weight is 424 g/mol. The zero-order valence-electron chi connectivity index (χ0n) is 17.3. The summed E-state index contributed by atoms with van der Waals surface area (Å²) < 4.78 is 32.0. The molecule has 1 aliphatic heterocycles. The number of piperazine rings is 1. The molecule has 8 heteroatoms. The molecule has 3 rings (SSSR count). The highest BCUT2D eigenvalue weighted by molar-refractivity contribution is 7.89. The maximum absolute atomic E-state index is 12.6. The summed E-state index contributed by atoms with van der Waals surface area (Å²) in [6.07, 6.45) is 5.77. The first kappa shape index (κ1) is 21.9. The predicted octanol–water partition coefficient (Wildman–Crippen LogP) is 2.23. The molecule has 1 aromatic rings. The van der Waals surface area contributed by atoms with Crippen LogP contribution in [0.25, 0.3) is 0 Å². The number of carbonyl (C=O) groups excluding carboxylic acids is 1. The third-order valence-corrected chi connectivity index (χ3v) is 7.88. The first-order valence-electron chi connectivity index (χ1n) is 10.6. The van der Waals surface area contributed by atoms with Crippen molar-refractivity contribution < 1.29 is 17.9 Å². The second kappa shape index (κ2) is 10.3. The van der Waals surface area contributed by atoms with Crippen LogP contribution in [-0.2, 0) is 14.8 Å². The second-order valence-electron chi connectivity index (χ2n) is 7.96. The molecule has 1 aliphatic carbocycles. The number of carbonyl (C=O) groups is 1. The van der Waals surface area contributed by atoms with E-state index in [1.807, 2.05) is 24.3 Å². The van der Waals surface area contributed by atoms with Gasteiger partial charge in [0.2, 0.25) is 15.9 Å². The van der Waals surface area contributed by atoms with Gasteiger partial charge in [0, 0.05) is 44.8 Å². The minimum Gasteiger partial charge on any atom is -0.497 e. The van der Waals surface area contributed by atoms with Crippen molar-refractivity contribution in [2.45, 2.75) is 38.5 Å². The number of anilines is 1. The van der Waals surface area contributed by atoms with Crippen molar-refractivity contribution in [3.8, 4) is 5.75 Å². The molecular weight excluding hydrogens is 390 g/mol. The molecule has 1 aromatic carbocycles. The van der Waals surface area contributed by atoms with Gasteiger partial charge in [-0.05, 0) is 49.4 Å². The zero-order valence-corrected chi connectivity index (χ0v) is 18.1. The van der Waals surface area contributed by atoms with Crippen LogP contribution in [0, 0.1) is 5.92 Å². The number of rotatable bonds is 9. The van der Waals surface area contributed by atoms with Crippen LogP contribution >= 0.6 is 0 Å². The largest absolute Gasteiger partial charge is 0.497 e. The Kier molecular flexibility index (Phi) is 7.77. The van der Waals surface area contributed by atoms with Crippen molar-refractivity contribution in [3.05, 3.63) is 24.3 Å². The molecule has 162 valence electrons. The molecule has 1 amide bonds. The monoisotopic (exact) mass is 423 g/mol. The average Bonchev–Trinajstić information content (AvgIpc) is 3.24. The summed E-state index contributed by atoms with van der Waals surface area (Å²) in [6, 6.07) is 7.83. The fraction of sp³-hybridized carbons (Fsp3) is 0.667. The third kappa shape index (κ3) is 6.34. The Hall–Kier alpha value is -1.80. The molecule has 0 radical (unpaired) electrons. The van der Waals surface area contributed by atoms with Crippen molar-refractivity contribution in [1.29, 1.82) is 0 Å². The van der Waals surface area contributed by atoms with Gasteiger partial charge in [0.1, 0.15) is 5.75 Å². The van der Waals surface area contributed by atoms with Gasteiger partial charge in [-0.25, -0.2) is 8.42 Å². The summed E-state index contributed by atoms with van der Waals surface area (Å²) in [5, 5.41) is 2.88. The van der Waals surface area contributed by atoms with E-state index in [0.29, 0.717) is 51.5 Å². The lowest BCUT2D eigenvalue weighted by molar-refractivity contribution is -0.121. The lowest BCUT2D eigenvalue weighted by atomic mass is 10.0. The van der Waals surface area contributed by atoms with E-state index < -0.39 is 10.0 Å². The van der Waals surface area contributed by atoms with E-state index in [1.165, 1.54) is 12.8 Å². The molecule has 1 heterocycles. The van der Waals surface area contributed by atoms with Crippen LogP contribution in [0.15, 0.2) is 24.3 Å². The SMILES string of the molecule is COc1ccc(N2CCN(S(=O)(=O)CCCNC(=O)CC3CCCC3)CC2)cc1. The smallest absolute Gasteiger partial charge is 0.220 e. The minimum atomic E-state index is -3.28. The zero-order chi connectivity index (χ0) is 20.7. The third-order valence-electron chi connectivity index (χ3n) is 5.92. The molecule has 0 unspecified atom stereocenters. The lowest BCUT2D eigenvalue weighted by Gasteiger charge is -2.35.